The molecule has 3 rings (SSSR count). The first-order chi connectivity index (χ1) is 9.66. The van der Waals surface area contributed by atoms with Gasteiger partial charge in [0.1, 0.15) is 5.75 Å². The molecule has 1 aliphatic heterocycles. The van der Waals surface area contributed by atoms with Gasteiger partial charge in [-0.25, -0.2) is 0 Å². The fourth-order valence-corrected chi connectivity index (χ4v) is 3.13. The maximum Gasteiger partial charge on any atom is 0.122 e. The van der Waals surface area contributed by atoms with E-state index in [1.807, 2.05) is 30.3 Å². The molecule has 2 aromatic rings. The molecular weight excluding hydrogens is 361 g/mol. The van der Waals surface area contributed by atoms with Crippen LogP contribution in [-0.2, 0) is 0 Å². The molecule has 0 aromatic heterocycles. The Bertz CT molecular complexity index is 648. The molecule has 0 aliphatic carbocycles. The van der Waals surface area contributed by atoms with Crippen molar-refractivity contribution in [2.75, 3.05) is 18.5 Å². The number of nitrogens with one attached hydrogen (secondary N) is 1. The van der Waals surface area contributed by atoms with Crippen molar-refractivity contribution in [1.82, 2.24) is 0 Å². The lowest BCUT2D eigenvalue weighted by Crippen LogP contribution is -2.14. The molecule has 1 heterocycles. The van der Waals surface area contributed by atoms with Crippen LogP contribution in [0.3, 0.4) is 0 Å². The first kappa shape index (κ1) is 14.1. The molecule has 0 saturated heterocycles. The van der Waals surface area contributed by atoms with E-state index in [-0.39, 0.29) is 0 Å². The maximum atomic E-state index is 6.23. The number of ether oxygens (including phenoxy) is 1. The van der Waals surface area contributed by atoms with E-state index in [0.29, 0.717) is 22.6 Å². The highest BCUT2D eigenvalue weighted by atomic mass is 79.9. The molecule has 1 atom stereocenters. The van der Waals surface area contributed by atoms with Crippen LogP contribution in [0.2, 0.25) is 10.0 Å². The smallest absolute Gasteiger partial charge is 0.122 e. The second kappa shape index (κ2) is 5.84. The SMILES string of the molecule is Clc1c(Br)ccc(NCC2COc3ccccc32)c1Cl. The average molecular weight is 373 g/mol. The van der Waals surface area contributed by atoms with E-state index in [0.717, 1.165) is 22.5 Å². The minimum atomic E-state index is 0.324. The van der Waals surface area contributed by atoms with Crippen LogP contribution in [0.5, 0.6) is 5.75 Å². The zero-order chi connectivity index (χ0) is 14.1. The lowest BCUT2D eigenvalue weighted by molar-refractivity contribution is 0.334. The summed E-state index contributed by atoms with van der Waals surface area (Å²) in [7, 11) is 0. The summed E-state index contributed by atoms with van der Waals surface area (Å²) in [5.41, 5.74) is 2.07. The quantitative estimate of drug-likeness (QED) is 0.733. The van der Waals surface area contributed by atoms with Crippen molar-refractivity contribution in [2.45, 2.75) is 5.92 Å². The number of benzene rings is 2. The molecule has 1 unspecified atom stereocenters. The number of halogens is 3. The molecule has 0 saturated carbocycles. The zero-order valence-electron chi connectivity index (χ0n) is 10.5. The number of para-hydroxylation sites is 1. The predicted octanol–water partition coefficient (Wildman–Crippen LogP) is 5.34. The fourth-order valence-electron chi connectivity index (χ4n) is 2.29. The van der Waals surface area contributed by atoms with Crippen molar-refractivity contribution >= 4 is 44.8 Å². The Labute approximate surface area is 136 Å². The molecule has 1 N–H and O–H groups in total. The Balaban J connectivity index is 1.74. The third kappa shape index (κ3) is 2.62. The Morgan fingerprint density at radius 2 is 1.95 bits per heavy atom. The van der Waals surface area contributed by atoms with E-state index in [1.165, 1.54) is 5.56 Å². The standard InChI is InChI=1S/C15H12BrCl2NO/c16-11-5-6-12(15(18)14(11)17)19-7-9-8-20-13-4-2-1-3-10(9)13/h1-6,9,19H,7-8H2. The number of rotatable bonds is 3. The highest BCUT2D eigenvalue weighted by Gasteiger charge is 2.23. The van der Waals surface area contributed by atoms with Crippen LogP contribution in [0.4, 0.5) is 5.69 Å². The van der Waals surface area contributed by atoms with Crippen LogP contribution in [0.1, 0.15) is 11.5 Å². The predicted molar refractivity (Wildman–Crippen MR) is 87.3 cm³/mol. The van der Waals surface area contributed by atoms with Gasteiger partial charge in [-0.3, -0.25) is 0 Å². The first-order valence-corrected chi connectivity index (χ1v) is 7.81. The third-order valence-electron chi connectivity index (χ3n) is 3.37. The normalized spacial score (nSPS) is 16.6. The molecule has 0 bridgehead atoms. The average Bonchev–Trinajstić information content (AvgIpc) is 2.87. The second-order valence-corrected chi connectivity index (χ2v) is 6.26. The molecule has 1 aliphatic rings. The van der Waals surface area contributed by atoms with Gasteiger partial charge in [-0.15, -0.1) is 0 Å². The molecule has 20 heavy (non-hydrogen) atoms. The number of hydrogen-bond acceptors (Lipinski definition) is 2. The largest absolute Gasteiger partial charge is 0.493 e. The van der Waals surface area contributed by atoms with Gasteiger partial charge in [0.15, 0.2) is 0 Å². The Morgan fingerprint density at radius 3 is 2.80 bits per heavy atom. The van der Waals surface area contributed by atoms with E-state index >= 15 is 0 Å². The molecule has 0 amide bonds. The van der Waals surface area contributed by atoms with Crippen LogP contribution in [0.15, 0.2) is 40.9 Å². The topological polar surface area (TPSA) is 21.3 Å². The van der Waals surface area contributed by atoms with Crippen molar-refractivity contribution < 1.29 is 4.74 Å². The van der Waals surface area contributed by atoms with Crippen molar-refractivity contribution in [3.63, 3.8) is 0 Å². The molecule has 2 nitrogen and oxygen atoms in total. The second-order valence-electron chi connectivity index (χ2n) is 4.65. The lowest BCUT2D eigenvalue weighted by Gasteiger charge is -2.14. The monoisotopic (exact) mass is 371 g/mol. The summed E-state index contributed by atoms with van der Waals surface area (Å²) in [6.45, 7) is 1.45. The number of fused-ring (bicyclic) bond motifs is 1. The summed E-state index contributed by atoms with van der Waals surface area (Å²) >= 11 is 15.7. The third-order valence-corrected chi connectivity index (χ3v) is 5.14. The van der Waals surface area contributed by atoms with E-state index < -0.39 is 0 Å². The molecule has 0 radical (unpaired) electrons. The summed E-state index contributed by atoms with van der Waals surface area (Å²) in [6.07, 6.45) is 0. The van der Waals surface area contributed by atoms with Crippen LogP contribution >= 0.6 is 39.1 Å². The van der Waals surface area contributed by atoms with Gasteiger partial charge in [-0.1, -0.05) is 41.4 Å². The highest BCUT2D eigenvalue weighted by molar-refractivity contribution is 9.10. The van der Waals surface area contributed by atoms with Crippen LogP contribution in [0, 0.1) is 0 Å². The van der Waals surface area contributed by atoms with Gasteiger partial charge < -0.3 is 10.1 Å². The molecule has 104 valence electrons. The molecule has 5 heteroatoms. The minimum absolute atomic E-state index is 0.324. The minimum Gasteiger partial charge on any atom is -0.493 e. The van der Waals surface area contributed by atoms with Gasteiger partial charge in [-0.2, -0.15) is 0 Å². The molecule has 0 fully saturated rings. The summed E-state index contributed by atoms with van der Waals surface area (Å²) in [5, 5.41) is 4.41. The van der Waals surface area contributed by atoms with E-state index in [2.05, 4.69) is 27.3 Å². The summed E-state index contributed by atoms with van der Waals surface area (Å²) < 4.78 is 6.46. The van der Waals surface area contributed by atoms with E-state index in [4.69, 9.17) is 27.9 Å². The van der Waals surface area contributed by atoms with Crippen LogP contribution in [-0.4, -0.2) is 13.2 Å². The Hall–Kier alpha value is -0.900. The van der Waals surface area contributed by atoms with Crippen molar-refractivity contribution in [2.24, 2.45) is 0 Å². The van der Waals surface area contributed by atoms with Gasteiger partial charge >= 0.3 is 0 Å². The Kier molecular flexibility index (Phi) is 4.11. The molecule has 0 spiro atoms. The van der Waals surface area contributed by atoms with Gasteiger partial charge in [0.25, 0.3) is 0 Å². The summed E-state index contributed by atoms with van der Waals surface area (Å²) in [4.78, 5) is 0. The van der Waals surface area contributed by atoms with E-state index in [9.17, 15) is 0 Å². The highest BCUT2D eigenvalue weighted by Crippen LogP contribution is 2.37. The molecule has 2 aromatic carbocycles. The number of hydrogen-bond donors (Lipinski definition) is 1. The summed E-state index contributed by atoms with van der Waals surface area (Å²) in [5.74, 6) is 1.30. The summed E-state index contributed by atoms with van der Waals surface area (Å²) in [6, 6.07) is 11.9. The zero-order valence-corrected chi connectivity index (χ0v) is 13.6. The van der Waals surface area contributed by atoms with Crippen LogP contribution < -0.4 is 10.1 Å². The molecular formula is C15H12BrCl2NO. The van der Waals surface area contributed by atoms with Crippen molar-refractivity contribution in [3.8, 4) is 5.75 Å². The first-order valence-electron chi connectivity index (χ1n) is 6.26. The van der Waals surface area contributed by atoms with Crippen molar-refractivity contribution in [3.05, 3.63) is 56.5 Å². The van der Waals surface area contributed by atoms with Crippen LogP contribution in [0.25, 0.3) is 0 Å². The maximum absolute atomic E-state index is 6.23. The Morgan fingerprint density at radius 1 is 1.15 bits per heavy atom. The van der Waals surface area contributed by atoms with E-state index in [1.54, 1.807) is 0 Å². The lowest BCUT2D eigenvalue weighted by atomic mass is 10.0. The number of anilines is 1. The van der Waals surface area contributed by atoms with Gasteiger partial charge in [0.2, 0.25) is 0 Å². The van der Waals surface area contributed by atoms with Gasteiger partial charge in [0.05, 0.1) is 22.3 Å². The van der Waals surface area contributed by atoms with Gasteiger partial charge in [0, 0.05) is 22.5 Å². The van der Waals surface area contributed by atoms with Crippen molar-refractivity contribution in [1.29, 1.82) is 0 Å². The van der Waals surface area contributed by atoms with Gasteiger partial charge in [-0.05, 0) is 34.1 Å². The fraction of sp³-hybridized carbons (Fsp3) is 0.200.